The summed E-state index contributed by atoms with van der Waals surface area (Å²) in [4.78, 5) is 27.3. The van der Waals surface area contributed by atoms with Gasteiger partial charge >= 0.3 is 0 Å². The van der Waals surface area contributed by atoms with Crippen LogP contribution >= 0.6 is 23.8 Å². The van der Waals surface area contributed by atoms with Crippen LogP contribution in [-0.4, -0.2) is 22.0 Å². The van der Waals surface area contributed by atoms with E-state index >= 15 is 0 Å². The average Bonchev–Trinajstić information content (AvgIpc) is 2.65. The van der Waals surface area contributed by atoms with E-state index < -0.39 is 11.8 Å². The van der Waals surface area contributed by atoms with E-state index in [4.69, 9.17) is 23.8 Å². The number of hydrogen-bond acceptors (Lipinski definition) is 4. The van der Waals surface area contributed by atoms with Crippen LogP contribution in [-0.2, 0) is 20.4 Å². The van der Waals surface area contributed by atoms with Crippen molar-refractivity contribution in [1.82, 2.24) is 5.32 Å². The molecule has 0 unspecified atom stereocenters. The van der Waals surface area contributed by atoms with Crippen LogP contribution in [0.25, 0.3) is 6.08 Å². The van der Waals surface area contributed by atoms with Crippen molar-refractivity contribution in [3.8, 4) is 5.75 Å². The van der Waals surface area contributed by atoms with E-state index in [1.165, 1.54) is 11.0 Å². The van der Waals surface area contributed by atoms with Gasteiger partial charge in [-0.15, -0.1) is 0 Å². The third kappa shape index (κ3) is 4.71. The molecule has 7 heteroatoms. The average molecular weight is 471 g/mol. The van der Waals surface area contributed by atoms with Gasteiger partial charge in [0, 0.05) is 16.1 Å². The van der Waals surface area contributed by atoms with Crippen molar-refractivity contribution in [2.45, 2.75) is 52.4 Å². The Kier molecular flexibility index (Phi) is 6.24. The second-order valence-corrected chi connectivity index (χ2v) is 10.7. The maximum Gasteiger partial charge on any atom is 0.270 e. The summed E-state index contributed by atoms with van der Waals surface area (Å²) in [6.07, 6.45) is 1.43. The molecule has 0 radical (unpaired) electrons. The summed E-state index contributed by atoms with van der Waals surface area (Å²) in [6.45, 7) is 12.2. The smallest absolute Gasteiger partial charge is 0.270 e. The number of hydrogen-bond donors (Lipinski definition) is 2. The number of anilines is 1. The molecule has 0 spiro atoms. The van der Waals surface area contributed by atoms with Gasteiger partial charge < -0.3 is 5.11 Å². The highest BCUT2D eigenvalue weighted by Crippen LogP contribution is 2.39. The number of rotatable bonds is 2. The molecule has 0 aliphatic carbocycles. The summed E-state index contributed by atoms with van der Waals surface area (Å²) in [5, 5.41) is 14.1. The lowest BCUT2D eigenvalue weighted by atomic mass is 9.78. The molecule has 2 N–H and O–H groups in total. The minimum atomic E-state index is -0.608. The Labute approximate surface area is 199 Å². The molecule has 168 valence electrons. The number of carbonyl (C=O) groups excluding carboxylic acids is 2. The van der Waals surface area contributed by atoms with Gasteiger partial charge in [-0.3, -0.25) is 19.8 Å². The SMILES string of the molecule is CC(C)(C)c1cc(C=C2C(=O)NC(=S)N(c3ccc(Cl)cc3)C2=O)c(O)c(C(C)(C)C)c1. The number of thiocarbonyl (C=S) groups is 1. The molecule has 1 aliphatic heterocycles. The maximum atomic E-state index is 13.3. The Bertz CT molecular complexity index is 1140. The number of phenolic OH excluding ortho intramolecular Hbond substituents is 1. The fourth-order valence-electron chi connectivity index (χ4n) is 3.41. The number of amides is 2. The minimum Gasteiger partial charge on any atom is -0.507 e. The van der Waals surface area contributed by atoms with Gasteiger partial charge in [0.05, 0.1) is 5.69 Å². The first-order valence-electron chi connectivity index (χ1n) is 10.2. The van der Waals surface area contributed by atoms with Crippen molar-refractivity contribution in [1.29, 1.82) is 0 Å². The lowest BCUT2D eigenvalue weighted by molar-refractivity contribution is -0.122. The quantitative estimate of drug-likeness (QED) is 0.347. The van der Waals surface area contributed by atoms with Crippen LogP contribution in [0.15, 0.2) is 42.0 Å². The molecule has 0 atom stereocenters. The first-order valence-corrected chi connectivity index (χ1v) is 11.0. The van der Waals surface area contributed by atoms with E-state index in [2.05, 4.69) is 26.1 Å². The van der Waals surface area contributed by atoms with Crippen molar-refractivity contribution in [2.24, 2.45) is 0 Å². The number of nitrogens with zero attached hydrogens (tertiary/aromatic N) is 1. The Morgan fingerprint density at radius 1 is 1.00 bits per heavy atom. The van der Waals surface area contributed by atoms with E-state index in [1.807, 2.05) is 32.9 Å². The van der Waals surface area contributed by atoms with Gasteiger partial charge in [-0.2, -0.15) is 0 Å². The number of aromatic hydroxyl groups is 1. The van der Waals surface area contributed by atoms with Crippen LogP contribution in [0.2, 0.25) is 5.02 Å². The second-order valence-electron chi connectivity index (χ2n) is 9.90. The standard InChI is InChI=1S/C25H27ClN2O3S/c1-24(2,3)15-11-14(20(29)19(13-15)25(4,5)6)12-18-21(30)27-23(32)28(22(18)31)17-9-7-16(26)8-10-17/h7-13,29H,1-6H3,(H,27,30,32). The van der Waals surface area contributed by atoms with Crippen molar-refractivity contribution in [3.05, 3.63) is 63.7 Å². The number of benzene rings is 2. The molecule has 1 fully saturated rings. The van der Waals surface area contributed by atoms with Gasteiger partial charge in [0.15, 0.2) is 5.11 Å². The number of nitrogens with one attached hydrogen (secondary N) is 1. The molecule has 2 amide bonds. The van der Waals surface area contributed by atoms with Gasteiger partial charge in [0.25, 0.3) is 11.8 Å². The zero-order valence-corrected chi connectivity index (χ0v) is 20.6. The van der Waals surface area contributed by atoms with E-state index in [0.717, 1.165) is 11.1 Å². The Morgan fingerprint density at radius 2 is 1.59 bits per heavy atom. The van der Waals surface area contributed by atoms with Crippen molar-refractivity contribution in [3.63, 3.8) is 0 Å². The van der Waals surface area contributed by atoms with Crippen LogP contribution in [0.3, 0.4) is 0 Å². The molecule has 1 heterocycles. The molecule has 5 nitrogen and oxygen atoms in total. The van der Waals surface area contributed by atoms with Crippen molar-refractivity contribution < 1.29 is 14.7 Å². The van der Waals surface area contributed by atoms with Gasteiger partial charge in [-0.05, 0) is 65.0 Å². The van der Waals surface area contributed by atoms with Crippen LogP contribution in [0.4, 0.5) is 5.69 Å². The van der Waals surface area contributed by atoms with Gasteiger partial charge in [0.1, 0.15) is 11.3 Å². The van der Waals surface area contributed by atoms with E-state index in [1.54, 1.807) is 24.3 Å². The minimum absolute atomic E-state index is 0.0116. The fourth-order valence-corrected chi connectivity index (χ4v) is 3.82. The van der Waals surface area contributed by atoms with Crippen LogP contribution in [0.5, 0.6) is 5.75 Å². The maximum absolute atomic E-state index is 13.3. The van der Waals surface area contributed by atoms with Crippen LogP contribution in [0, 0.1) is 0 Å². The number of phenols is 1. The molecule has 0 bridgehead atoms. The third-order valence-corrected chi connectivity index (χ3v) is 5.84. The zero-order chi connectivity index (χ0) is 24.0. The molecule has 0 aromatic heterocycles. The summed E-state index contributed by atoms with van der Waals surface area (Å²) in [6, 6.07) is 10.4. The molecular formula is C25H27ClN2O3S. The summed E-state index contributed by atoms with van der Waals surface area (Å²) >= 11 is 11.2. The fraction of sp³-hybridized carbons (Fsp3) is 0.320. The highest BCUT2D eigenvalue weighted by atomic mass is 35.5. The highest BCUT2D eigenvalue weighted by Gasteiger charge is 2.35. The summed E-state index contributed by atoms with van der Waals surface area (Å²) in [5.41, 5.74) is 1.97. The van der Waals surface area contributed by atoms with E-state index in [9.17, 15) is 14.7 Å². The predicted molar refractivity (Wildman–Crippen MR) is 133 cm³/mol. The summed E-state index contributed by atoms with van der Waals surface area (Å²) < 4.78 is 0. The lowest BCUT2D eigenvalue weighted by Crippen LogP contribution is -2.54. The van der Waals surface area contributed by atoms with Gasteiger partial charge in [-0.1, -0.05) is 59.2 Å². The number of halogens is 1. The van der Waals surface area contributed by atoms with Gasteiger partial charge in [0.2, 0.25) is 0 Å². The molecule has 3 rings (SSSR count). The second kappa shape index (κ2) is 8.34. The largest absolute Gasteiger partial charge is 0.507 e. The van der Waals surface area contributed by atoms with Gasteiger partial charge in [-0.25, -0.2) is 0 Å². The van der Waals surface area contributed by atoms with Crippen molar-refractivity contribution in [2.75, 3.05) is 4.90 Å². The van der Waals surface area contributed by atoms with E-state index in [0.29, 0.717) is 16.3 Å². The predicted octanol–water partition coefficient (Wildman–Crippen LogP) is 5.47. The summed E-state index contributed by atoms with van der Waals surface area (Å²) in [7, 11) is 0. The Balaban J connectivity index is 2.17. The highest BCUT2D eigenvalue weighted by molar-refractivity contribution is 7.80. The number of carbonyl (C=O) groups is 2. The van der Waals surface area contributed by atoms with Crippen LogP contribution in [0.1, 0.15) is 58.2 Å². The van der Waals surface area contributed by atoms with E-state index in [-0.39, 0.29) is 27.3 Å². The monoisotopic (exact) mass is 470 g/mol. The Morgan fingerprint density at radius 3 is 2.12 bits per heavy atom. The zero-order valence-electron chi connectivity index (χ0n) is 19.0. The molecule has 32 heavy (non-hydrogen) atoms. The molecular weight excluding hydrogens is 444 g/mol. The molecule has 0 saturated carbocycles. The van der Waals surface area contributed by atoms with Crippen LogP contribution < -0.4 is 10.2 Å². The molecule has 1 saturated heterocycles. The topological polar surface area (TPSA) is 69.6 Å². The van der Waals surface area contributed by atoms with Crippen molar-refractivity contribution >= 4 is 52.5 Å². The molecule has 1 aliphatic rings. The Hall–Kier alpha value is -2.70. The summed E-state index contributed by atoms with van der Waals surface area (Å²) in [5.74, 6) is -1.13. The normalized spacial score (nSPS) is 16.5. The first-order chi connectivity index (χ1) is 14.7. The lowest BCUT2D eigenvalue weighted by Gasteiger charge is -2.29. The third-order valence-electron chi connectivity index (χ3n) is 5.30. The molecule has 2 aromatic rings. The first kappa shape index (κ1) is 24.0. The molecule has 2 aromatic carbocycles.